The fourth-order valence-electron chi connectivity index (χ4n) is 1.80. The Labute approximate surface area is 123 Å². The van der Waals surface area contributed by atoms with E-state index in [-0.39, 0.29) is 21.6 Å². The van der Waals surface area contributed by atoms with Crippen LogP contribution in [0.5, 0.6) is 5.75 Å². The van der Waals surface area contributed by atoms with E-state index in [4.69, 9.17) is 16.3 Å². The third-order valence-electron chi connectivity index (χ3n) is 3.29. The molecular weight excluding hydrogens is 302 g/mol. The van der Waals surface area contributed by atoms with Crippen molar-refractivity contribution in [2.24, 2.45) is 11.8 Å². The maximum Gasteiger partial charge on any atom is 0.314 e. The van der Waals surface area contributed by atoms with E-state index < -0.39 is 16.0 Å². The topological polar surface area (TPSA) is 63.7 Å². The van der Waals surface area contributed by atoms with Gasteiger partial charge in [0.1, 0.15) is 4.90 Å². The highest BCUT2D eigenvalue weighted by Crippen LogP contribution is 2.39. The molecule has 0 heterocycles. The predicted molar refractivity (Wildman–Crippen MR) is 75.2 cm³/mol. The quantitative estimate of drug-likeness (QED) is 0.630. The van der Waals surface area contributed by atoms with Crippen LogP contribution < -0.4 is 4.74 Å². The summed E-state index contributed by atoms with van der Waals surface area (Å²) in [6, 6.07) is 4.19. The van der Waals surface area contributed by atoms with Crippen LogP contribution >= 0.6 is 11.6 Å². The number of halogens is 1. The molecule has 5 nitrogen and oxygen atoms in total. The van der Waals surface area contributed by atoms with Gasteiger partial charge in [0.25, 0.3) is 0 Å². The summed E-state index contributed by atoms with van der Waals surface area (Å²) in [4.78, 5) is 11.8. The molecule has 1 aromatic rings. The predicted octanol–water partition coefficient (Wildman–Crippen LogP) is 2.15. The van der Waals surface area contributed by atoms with Gasteiger partial charge in [-0.15, -0.1) is 0 Å². The van der Waals surface area contributed by atoms with Gasteiger partial charge in [-0.2, -0.15) is 0 Å². The highest BCUT2D eigenvalue weighted by Gasteiger charge is 2.41. The van der Waals surface area contributed by atoms with Crippen molar-refractivity contribution in [3.8, 4) is 5.75 Å². The molecule has 1 fully saturated rings. The molecule has 1 aliphatic carbocycles. The van der Waals surface area contributed by atoms with Crippen LogP contribution in [0.2, 0.25) is 5.02 Å². The first-order valence-electron chi connectivity index (χ1n) is 6.17. The molecule has 20 heavy (non-hydrogen) atoms. The molecule has 0 spiro atoms. The van der Waals surface area contributed by atoms with E-state index in [0.717, 1.165) is 10.7 Å². The summed E-state index contributed by atoms with van der Waals surface area (Å²) in [6.07, 6.45) is 0.780. The molecule has 0 bridgehead atoms. The largest absolute Gasteiger partial charge is 0.425 e. The second-order valence-corrected chi connectivity index (χ2v) is 7.68. The first-order valence-corrected chi connectivity index (χ1v) is 7.99. The maximum absolute atomic E-state index is 12.2. The molecule has 110 valence electrons. The van der Waals surface area contributed by atoms with E-state index in [1.807, 2.05) is 6.92 Å². The zero-order valence-electron chi connectivity index (χ0n) is 11.5. The Morgan fingerprint density at radius 3 is 2.50 bits per heavy atom. The number of benzene rings is 1. The Balaban J connectivity index is 2.36. The molecule has 0 aliphatic heterocycles. The second-order valence-electron chi connectivity index (χ2n) is 5.12. The van der Waals surface area contributed by atoms with Crippen molar-refractivity contribution in [1.29, 1.82) is 0 Å². The van der Waals surface area contributed by atoms with Crippen LogP contribution in [0.25, 0.3) is 0 Å². The summed E-state index contributed by atoms with van der Waals surface area (Å²) in [5.74, 6) is -0.216. The zero-order chi connectivity index (χ0) is 15.1. The fraction of sp³-hybridized carbons (Fsp3) is 0.462. The average molecular weight is 318 g/mol. The van der Waals surface area contributed by atoms with Crippen molar-refractivity contribution in [1.82, 2.24) is 4.31 Å². The van der Waals surface area contributed by atoms with Crippen LogP contribution in [0.4, 0.5) is 0 Å². The van der Waals surface area contributed by atoms with Crippen LogP contribution in [0, 0.1) is 11.8 Å². The van der Waals surface area contributed by atoms with Crippen LogP contribution in [0.1, 0.15) is 13.3 Å². The molecule has 0 saturated heterocycles. The smallest absolute Gasteiger partial charge is 0.314 e. The fourth-order valence-corrected chi connectivity index (χ4v) is 3.07. The van der Waals surface area contributed by atoms with Crippen molar-refractivity contribution < 1.29 is 17.9 Å². The number of esters is 1. The van der Waals surface area contributed by atoms with Crippen molar-refractivity contribution in [2.45, 2.75) is 18.2 Å². The normalized spacial score (nSPS) is 21.9. The van der Waals surface area contributed by atoms with Gasteiger partial charge < -0.3 is 4.74 Å². The zero-order valence-corrected chi connectivity index (χ0v) is 13.0. The SMILES string of the molecule is C[C@@H]1C[C@@H]1C(=O)Oc1ccc(Cl)cc1S(=O)(=O)N(C)C. The van der Waals surface area contributed by atoms with Gasteiger partial charge >= 0.3 is 5.97 Å². The van der Waals surface area contributed by atoms with E-state index in [9.17, 15) is 13.2 Å². The number of carbonyl (C=O) groups excluding carboxylic acids is 1. The van der Waals surface area contributed by atoms with E-state index in [1.165, 1.54) is 32.3 Å². The molecular formula is C13H16ClNO4S. The molecule has 0 N–H and O–H groups in total. The van der Waals surface area contributed by atoms with Crippen molar-refractivity contribution in [3.63, 3.8) is 0 Å². The lowest BCUT2D eigenvalue weighted by Crippen LogP contribution is -2.23. The number of rotatable bonds is 4. The van der Waals surface area contributed by atoms with E-state index in [2.05, 4.69) is 0 Å². The Bertz CT molecular complexity index is 642. The molecule has 1 saturated carbocycles. The van der Waals surface area contributed by atoms with Crippen LogP contribution in [-0.4, -0.2) is 32.8 Å². The lowest BCUT2D eigenvalue weighted by molar-refractivity contribution is -0.136. The van der Waals surface area contributed by atoms with Crippen molar-refractivity contribution in [2.75, 3.05) is 14.1 Å². The van der Waals surface area contributed by atoms with Gasteiger partial charge in [-0.3, -0.25) is 4.79 Å². The van der Waals surface area contributed by atoms with E-state index >= 15 is 0 Å². The van der Waals surface area contributed by atoms with Gasteiger partial charge in [-0.05, 0) is 30.5 Å². The molecule has 0 radical (unpaired) electrons. The Hall–Kier alpha value is -1.11. The molecule has 0 unspecified atom stereocenters. The van der Waals surface area contributed by atoms with Crippen LogP contribution in [0.3, 0.4) is 0 Å². The van der Waals surface area contributed by atoms with Crippen LogP contribution in [0.15, 0.2) is 23.1 Å². The minimum atomic E-state index is -3.72. The summed E-state index contributed by atoms with van der Waals surface area (Å²) in [5.41, 5.74) is 0. The number of ether oxygens (including phenoxy) is 1. The third-order valence-corrected chi connectivity index (χ3v) is 5.36. The Kier molecular flexibility index (Phi) is 4.09. The minimum Gasteiger partial charge on any atom is -0.425 e. The summed E-state index contributed by atoms with van der Waals surface area (Å²) in [6.45, 7) is 1.95. The first kappa shape index (κ1) is 15.3. The van der Waals surface area contributed by atoms with Gasteiger partial charge in [0.05, 0.1) is 5.92 Å². The Morgan fingerprint density at radius 1 is 1.40 bits per heavy atom. The highest BCUT2D eigenvalue weighted by molar-refractivity contribution is 7.89. The van der Waals surface area contributed by atoms with Gasteiger partial charge in [0, 0.05) is 19.1 Å². The summed E-state index contributed by atoms with van der Waals surface area (Å²) >= 11 is 5.84. The number of hydrogen-bond donors (Lipinski definition) is 0. The molecule has 1 aromatic carbocycles. The van der Waals surface area contributed by atoms with E-state index in [0.29, 0.717) is 5.92 Å². The first-order chi connectivity index (χ1) is 9.23. The average Bonchev–Trinajstić information content (AvgIpc) is 3.08. The molecule has 2 atom stereocenters. The molecule has 2 rings (SSSR count). The molecule has 7 heteroatoms. The standard InChI is InChI=1S/C13H16ClNO4S/c1-8-6-10(8)13(16)19-11-5-4-9(14)7-12(11)20(17,18)15(2)3/h4-5,7-8,10H,6H2,1-3H3/t8-,10+/m1/s1. The monoisotopic (exact) mass is 317 g/mol. The summed E-state index contributed by atoms with van der Waals surface area (Å²) in [5, 5.41) is 0.269. The summed E-state index contributed by atoms with van der Waals surface area (Å²) < 4.78 is 30.7. The Morgan fingerprint density at radius 2 is 2.00 bits per heavy atom. The lowest BCUT2D eigenvalue weighted by atomic mass is 10.3. The highest BCUT2D eigenvalue weighted by atomic mass is 35.5. The lowest BCUT2D eigenvalue weighted by Gasteiger charge is -2.15. The van der Waals surface area contributed by atoms with Crippen molar-refractivity contribution in [3.05, 3.63) is 23.2 Å². The van der Waals surface area contributed by atoms with Crippen LogP contribution in [-0.2, 0) is 14.8 Å². The van der Waals surface area contributed by atoms with E-state index in [1.54, 1.807) is 0 Å². The third kappa shape index (κ3) is 2.97. The minimum absolute atomic E-state index is 0.0206. The maximum atomic E-state index is 12.2. The van der Waals surface area contributed by atoms with Gasteiger partial charge in [-0.25, -0.2) is 12.7 Å². The second kappa shape index (κ2) is 5.35. The number of hydrogen-bond acceptors (Lipinski definition) is 4. The van der Waals surface area contributed by atoms with Gasteiger partial charge in [0.15, 0.2) is 5.75 Å². The van der Waals surface area contributed by atoms with Gasteiger partial charge in [-0.1, -0.05) is 18.5 Å². The summed E-state index contributed by atoms with van der Waals surface area (Å²) in [7, 11) is -0.908. The molecule has 0 aromatic heterocycles. The van der Waals surface area contributed by atoms with Crippen molar-refractivity contribution >= 4 is 27.6 Å². The number of nitrogens with zero attached hydrogens (tertiary/aromatic N) is 1. The number of carbonyl (C=O) groups is 1. The molecule has 0 amide bonds. The molecule has 1 aliphatic rings. The number of sulfonamides is 1. The van der Waals surface area contributed by atoms with Gasteiger partial charge in [0.2, 0.25) is 10.0 Å².